The normalized spacial score (nSPS) is 39.6. The van der Waals surface area contributed by atoms with Crippen LogP contribution in [0.3, 0.4) is 0 Å². The van der Waals surface area contributed by atoms with E-state index in [0.717, 1.165) is 6.42 Å². The van der Waals surface area contributed by atoms with Crippen LogP contribution in [0.15, 0.2) is 12.2 Å². The lowest BCUT2D eigenvalue weighted by atomic mass is 9.51. The van der Waals surface area contributed by atoms with Crippen LogP contribution in [0.4, 0.5) is 13.2 Å². The van der Waals surface area contributed by atoms with Gasteiger partial charge in [0.2, 0.25) is 5.54 Å². The van der Waals surface area contributed by atoms with Gasteiger partial charge in [0.05, 0.1) is 6.42 Å². The predicted octanol–water partition coefficient (Wildman–Crippen LogP) is 3.02. The number of nitro groups is 1. The van der Waals surface area contributed by atoms with Gasteiger partial charge in [-0.3, -0.25) is 10.1 Å². The van der Waals surface area contributed by atoms with E-state index in [1.54, 1.807) is 0 Å². The third-order valence-electron chi connectivity index (χ3n) is 5.26. The van der Waals surface area contributed by atoms with Crippen LogP contribution in [0.25, 0.3) is 0 Å². The van der Waals surface area contributed by atoms with Crippen molar-refractivity contribution < 1.29 is 27.6 Å². The minimum Gasteiger partial charge on any atom is -0.455 e. The summed E-state index contributed by atoms with van der Waals surface area (Å²) in [6, 6.07) is 0. The van der Waals surface area contributed by atoms with Crippen molar-refractivity contribution in [2.24, 2.45) is 11.8 Å². The van der Waals surface area contributed by atoms with Crippen molar-refractivity contribution in [1.29, 1.82) is 0 Å². The highest BCUT2D eigenvalue weighted by atomic mass is 19.4. The fraction of sp³-hybridized carbons (Fsp3) is 0.786. The number of alkyl halides is 3. The average molecular weight is 319 g/mol. The van der Waals surface area contributed by atoms with Crippen molar-refractivity contribution in [1.82, 2.24) is 0 Å². The van der Waals surface area contributed by atoms with Gasteiger partial charge in [0.15, 0.2) is 0 Å². The van der Waals surface area contributed by atoms with Crippen LogP contribution < -0.4 is 0 Å². The van der Waals surface area contributed by atoms with Crippen LogP contribution in [0.2, 0.25) is 0 Å². The van der Waals surface area contributed by atoms with Crippen molar-refractivity contribution in [2.45, 2.75) is 55.8 Å². The molecule has 0 aromatic carbocycles. The highest BCUT2D eigenvalue weighted by Gasteiger charge is 2.66. The van der Waals surface area contributed by atoms with Gasteiger partial charge in [0.1, 0.15) is 11.2 Å². The fourth-order valence-corrected chi connectivity index (χ4v) is 4.84. The van der Waals surface area contributed by atoms with Crippen LogP contribution >= 0.6 is 0 Å². The highest BCUT2D eigenvalue weighted by molar-refractivity contribution is 5.89. The van der Waals surface area contributed by atoms with E-state index in [-0.39, 0.29) is 23.2 Å². The lowest BCUT2D eigenvalue weighted by molar-refractivity contribution is -0.592. The molecule has 4 rings (SSSR count). The Morgan fingerprint density at radius 3 is 2.23 bits per heavy atom. The highest BCUT2D eigenvalue weighted by Crippen LogP contribution is 2.60. The number of hydrogen-bond donors (Lipinski definition) is 0. The molecule has 4 bridgehead atoms. The van der Waals surface area contributed by atoms with Gasteiger partial charge >= 0.3 is 12.1 Å². The van der Waals surface area contributed by atoms with Gasteiger partial charge in [-0.05, 0) is 31.1 Å². The molecule has 0 N–H and O–H groups in total. The van der Waals surface area contributed by atoms with Crippen molar-refractivity contribution >= 4 is 5.97 Å². The molecule has 0 radical (unpaired) electrons. The average Bonchev–Trinajstić information content (AvgIpc) is 2.34. The van der Waals surface area contributed by atoms with Crippen LogP contribution in [0, 0.1) is 22.0 Å². The Morgan fingerprint density at radius 1 is 1.23 bits per heavy atom. The molecule has 0 heterocycles. The van der Waals surface area contributed by atoms with E-state index < -0.39 is 28.9 Å². The number of halogens is 3. The summed E-state index contributed by atoms with van der Waals surface area (Å²) in [6.07, 6.45) is -2.33. The van der Waals surface area contributed by atoms with Gasteiger partial charge in [-0.25, -0.2) is 4.79 Å². The summed E-state index contributed by atoms with van der Waals surface area (Å²) in [4.78, 5) is 22.9. The molecular formula is C14H16F3NO4. The number of ether oxygens (including phenoxy) is 1. The van der Waals surface area contributed by atoms with Crippen LogP contribution in [0.1, 0.15) is 38.5 Å². The van der Waals surface area contributed by atoms with E-state index in [4.69, 9.17) is 4.74 Å². The van der Waals surface area contributed by atoms with E-state index in [1.807, 2.05) is 0 Å². The minimum atomic E-state index is -4.85. The van der Waals surface area contributed by atoms with E-state index in [0.29, 0.717) is 25.7 Å². The number of nitrogens with zero attached hydrogens (tertiary/aromatic N) is 1. The molecule has 8 heteroatoms. The van der Waals surface area contributed by atoms with Crippen molar-refractivity contribution in [2.75, 3.05) is 0 Å². The number of carbonyl (C=O) groups excluding carboxylic acids is 1. The summed E-state index contributed by atoms with van der Waals surface area (Å²) in [5.74, 6) is -1.43. The third kappa shape index (κ3) is 2.28. The number of rotatable bonds is 3. The standard InChI is InChI=1S/C14H16F3NO4/c1-8(14(15,16)17)11(19)22-13-5-9-2-10(6-13)4-12(3-9,7-13)18(20)21/h9-10H,1-7H2. The lowest BCUT2D eigenvalue weighted by Crippen LogP contribution is -2.63. The zero-order valence-electron chi connectivity index (χ0n) is 11.8. The maximum atomic E-state index is 12.6. The lowest BCUT2D eigenvalue weighted by Gasteiger charge is -2.56. The Labute approximate surface area is 124 Å². The van der Waals surface area contributed by atoms with E-state index in [9.17, 15) is 28.1 Å². The topological polar surface area (TPSA) is 69.4 Å². The maximum Gasteiger partial charge on any atom is 0.422 e. The van der Waals surface area contributed by atoms with Crippen molar-refractivity contribution in [3.63, 3.8) is 0 Å². The number of hydrogen-bond acceptors (Lipinski definition) is 4. The van der Waals surface area contributed by atoms with E-state index in [2.05, 4.69) is 6.58 Å². The number of esters is 1. The molecule has 122 valence electrons. The molecule has 2 unspecified atom stereocenters. The van der Waals surface area contributed by atoms with Crippen LogP contribution in [0.5, 0.6) is 0 Å². The van der Waals surface area contributed by atoms with Gasteiger partial charge in [0.25, 0.3) is 0 Å². The van der Waals surface area contributed by atoms with E-state index >= 15 is 0 Å². The molecule has 0 aromatic rings. The first-order chi connectivity index (χ1) is 10.1. The maximum absolute atomic E-state index is 12.6. The molecule has 0 aromatic heterocycles. The Bertz CT molecular complexity index is 543. The molecule has 2 atom stereocenters. The quantitative estimate of drug-likeness (QED) is 0.347. The summed E-state index contributed by atoms with van der Waals surface area (Å²) in [6.45, 7) is 2.74. The summed E-state index contributed by atoms with van der Waals surface area (Å²) in [5.41, 5.74) is -3.84. The largest absolute Gasteiger partial charge is 0.455 e. The molecule has 4 saturated carbocycles. The van der Waals surface area contributed by atoms with Crippen LogP contribution in [-0.4, -0.2) is 28.2 Å². The summed E-state index contributed by atoms with van der Waals surface area (Å²) >= 11 is 0. The zero-order chi connectivity index (χ0) is 16.3. The third-order valence-corrected chi connectivity index (χ3v) is 5.26. The minimum absolute atomic E-state index is 0.0108. The Balaban J connectivity index is 1.83. The molecule has 0 amide bonds. The summed E-state index contributed by atoms with van der Waals surface area (Å²) in [7, 11) is 0. The molecule has 0 saturated heterocycles. The summed E-state index contributed by atoms with van der Waals surface area (Å²) < 4.78 is 42.8. The number of carbonyl (C=O) groups is 1. The Morgan fingerprint density at radius 2 is 1.77 bits per heavy atom. The van der Waals surface area contributed by atoms with Gasteiger partial charge in [0, 0.05) is 17.8 Å². The molecule has 4 aliphatic rings. The molecule has 5 nitrogen and oxygen atoms in total. The van der Waals surface area contributed by atoms with E-state index in [1.165, 1.54) is 0 Å². The monoisotopic (exact) mass is 319 g/mol. The van der Waals surface area contributed by atoms with Gasteiger partial charge in [-0.15, -0.1) is 0 Å². The Hall–Kier alpha value is -1.60. The second kappa shape index (κ2) is 4.45. The van der Waals surface area contributed by atoms with Crippen LogP contribution in [-0.2, 0) is 9.53 Å². The second-order valence-electron chi connectivity index (χ2n) is 6.99. The van der Waals surface area contributed by atoms with Crippen molar-refractivity contribution in [3.8, 4) is 0 Å². The first kappa shape index (κ1) is 15.3. The van der Waals surface area contributed by atoms with Gasteiger partial charge in [-0.1, -0.05) is 6.58 Å². The first-order valence-corrected chi connectivity index (χ1v) is 7.19. The predicted molar refractivity (Wildman–Crippen MR) is 68.4 cm³/mol. The second-order valence-corrected chi connectivity index (χ2v) is 6.99. The SMILES string of the molecule is C=C(C(=O)OC12CC3CC(C1)CC([N+](=O)[O-])(C3)C2)C(F)(F)F. The Kier molecular flexibility index (Phi) is 3.10. The molecule has 22 heavy (non-hydrogen) atoms. The molecule has 4 aliphatic carbocycles. The molecule has 0 aliphatic heterocycles. The molecule has 4 fully saturated rings. The van der Waals surface area contributed by atoms with Gasteiger partial charge in [-0.2, -0.15) is 13.2 Å². The first-order valence-electron chi connectivity index (χ1n) is 7.19. The van der Waals surface area contributed by atoms with Gasteiger partial charge < -0.3 is 4.74 Å². The smallest absolute Gasteiger partial charge is 0.422 e. The zero-order valence-corrected chi connectivity index (χ0v) is 11.8. The van der Waals surface area contributed by atoms with Crippen molar-refractivity contribution in [3.05, 3.63) is 22.3 Å². The molecule has 0 spiro atoms. The molecular weight excluding hydrogens is 303 g/mol. The summed E-state index contributed by atoms with van der Waals surface area (Å²) in [5, 5.41) is 11.4. The fourth-order valence-electron chi connectivity index (χ4n) is 4.84.